The van der Waals surface area contributed by atoms with Crippen LogP contribution in [-0.4, -0.2) is 50.2 Å². The first kappa shape index (κ1) is 18.0. The minimum absolute atomic E-state index is 0.0939. The van der Waals surface area contributed by atoms with Crippen molar-refractivity contribution in [2.24, 2.45) is 5.92 Å². The molecule has 4 heteroatoms. The quantitative estimate of drug-likeness (QED) is 0.801. The molecule has 1 aliphatic rings. The van der Waals surface area contributed by atoms with Crippen molar-refractivity contribution in [2.75, 3.05) is 33.4 Å². The van der Waals surface area contributed by atoms with Gasteiger partial charge in [-0.3, -0.25) is 4.79 Å². The molecule has 1 atom stereocenters. The molecule has 128 valence electrons. The van der Waals surface area contributed by atoms with Crippen LogP contribution >= 0.6 is 0 Å². The van der Waals surface area contributed by atoms with Gasteiger partial charge in [-0.25, -0.2) is 0 Å². The Balaban J connectivity index is 1.62. The number of aryl methyl sites for hydroxylation is 1. The van der Waals surface area contributed by atoms with Crippen molar-refractivity contribution < 1.29 is 9.53 Å². The Hall–Kier alpha value is -1.39. The highest BCUT2D eigenvalue weighted by Crippen LogP contribution is 2.18. The number of nitrogens with zero attached hydrogens (tertiary/aromatic N) is 1. The first-order chi connectivity index (χ1) is 11.2. The number of benzene rings is 1. The summed E-state index contributed by atoms with van der Waals surface area (Å²) in [5.74, 6) is 0.359. The highest BCUT2D eigenvalue weighted by molar-refractivity contribution is 5.79. The molecule has 0 aliphatic carbocycles. The summed E-state index contributed by atoms with van der Waals surface area (Å²) in [7, 11) is 1.66. The normalized spacial score (nSPS) is 17.8. The van der Waals surface area contributed by atoms with Gasteiger partial charge in [0.1, 0.15) is 0 Å². The SMILES string of the molecule is COCC(C)NC(=O)C1CCN(CCCc2ccccc2)CC1. The Morgan fingerprint density at radius 3 is 2.65 bits per heavy atom. The van der Waals surface area contributed by atoms with Crippen LogP contribution in [0, 0.1) is 5.92 Å². The molecule has 2 rings (SSSR count). The standard InChI is InChI=1S/C19H30N2O2/c1-16(15-23-2)20-19(22)18-10-13-21(14-11-18)12-6-9-17-7-4-3-5-8-17/h3-5,7-8,16,18H,6,9-15H2,1-2H3,(H,20,22). The third-order valence-corrected chi connectivity index (χ3v) is 4.55. The number of carbonyl (C=O) groups is 1. The first-order valence-electron chi connectivity index (χ1n) is 8.74. The van der Waals surface area contributed by atoms with Gasteiger partial charge in [0.2, 0.25) is 5.91 Å². The molecule has 1 saturated heterocycles. The van der Waals surface area contributed by atoms with Crippen LogP contribution in [0.3, 0.4) is 0 Å². The minimum Gasteiger partial charge on any atom is -0.383 e. The number of amides is 1. The summed E-state index contributed by atoms with van der Waals surface area (Å²) in [5, 5.41) is 3.05. The largest absolute Gasteiger partial charge is 0.383 e. The number of methoxy groups -OCH3 is 1. The summed E-state index contributed by atoms with van der Waals surface area (Å²) in [6, 6.07) is 10.7. The van der Waals surface area contributed by atoms with Crippen molar-refractivity contribution in [1.82, 2.24) is 10.2 Å². The zero-order valence-corrected chi connectivity index (χ0v) is 14.5. The zero-order valence-electron chi connectivity index (χ0n) is 14.5. The lowest BCUT2D eigenvalue weighted by Crippen LogP contribution is -2.44. The fourth-order valence-electron chi connectivity index (χ4n) is 3.22. The van der Waals surface area contributed by atoms with E-state index in [1.165, 1.54) is 12.0 Å². The maximum Gasteiger partial charge on any atom is 0.223 e. The Kier molecular flexibility index (Phi) is 7.56. The van der Waals surface area contributed by atoms with Crippen LogP contribution in [0.4, 0.5) is 0 Å². The molecule has 0 radical (unpaired) electrons. The third-order valence-electron chi connectivity index (χ3n) is 4.55. The molecule has 1 aromatic carbocycles. The summed E-state index contributed by atoms with van der Waals surface area (Å²) in [4.78, 5) is 14.7. The van der Waals surface area contributed by atoms with Crippen molar-refractivity contribution in [3.63, 3.8) is 0 Å². The number of ether oxygens (including phenoxy) is 1. The Morgan fingerprint density at radius 2 is 2.00 bits per heavy atom. The van der Waals surface area contributed by atoms with E-state index in [0.717, 1.165) is 38.9 Å². The summed E-state index contributed by atoms with van der Waals surface area (Å²) >= 11 is 0. The average molecular weight is 318 g/mol. The maximum absolute atomic E-state index is 12.2. The molecule has 0 spiro atoms. The van der Waals surface area contributed by atoms with E-state index >= 15 is 0 Å². The number of hydrogen-bond acceptors (Lipinski definition) is 3. The molecule has 1 aliphatic heterocycles. The average Bonchev–Trinajstić information content (AvgIpc) is 2.56. The van der Waals surface area contributed by atoms with E-state index in [1.54, 1.807) is 7.11 Å². The monoisotopic (exact) mass is 318 g/mol. The van der Waals surface area contributed by atoms with Gasteiger partial charge in [0.15, 0.2) is 0 Å². The summed E-state index contributed by atoms with van der Waals surface area (Å²) in [6.45, 7) is 5.75. The van der Waals surface area contributed by atoms with Crippen LogP contribution in [0.15, 0.2) is 30.3 Å². The third kappa shape index (κ3) is 6.32. The van der Waals surface area contributed by atoms with E-state index in [0.29, 0.717) is 6.61 Å². The smallest absolute Gasteiger partial charge is 0.223 e. The molecule has 0 saturated carbocycles. The lowest BCUT2D eigenvalue weighted by molar-refractivity contribution is -0.127. The number of piperidine rings is 1. The number of likely N-dealkylation sites (tertiary alicyclic amines) is 1. The van der Waals surface area contributed by atoms with E-state index in [4.69, 9.17) is 4.74 Å². The van der Waals surface area contributed by atoms with Gasteiger partial charge in [-0.05, 0) is 57.8 Å². The molecular weight excluding hydrogens is 288 g/mol. The van der Waals surface area contributed by atoms with Gasteiger partial charge in [0.25, 0.3) is 0 Å². The van der Waals surface area contributed by atoms with Crippen molar-refractivity contribution in [3.05, 3.63) is 35.9 Å². The van der Waals surface area contributed by atoms with Gasteiger partial charge in [0, 0.05) is 19.1 Å². The lowest BCUT2D eigenvalue weighted by atomic mass is 9.95. The van der Waals surface area contributed by atoms with E-state index in [-0.39, 0.29) is 17.9 Å². The van der Waals surface area contributed by atoms with Crippen LogP contribution < -0.4 is 5.32 Å². The van der Waals surface area contributed by atoms with E-state index < -0.39 is 0 Å². The van der Waals surface area contributed by atoms with Crippen LogP contribution in [0.5, 0.6) is 0 Å². The molecule has 23 heavy (non-hydrogen) atoms. The summed E-state index contributed by atoms with van der Waals surface area (Å²) in [5.41, 5.74) is 1.41. The van der Waals surface area contributed by atoms with Crippen LogP contribution in [0.25, 0.3) is 0 Å². The van der Waals surface area contributed by atoms with Crippen molar-refractivity contribution in [2.45, 2.75) is 38.6 Å². The van der Waals surface area contributed by atoms with Crippen LogP contribution in [-0.2, 0) is 16.0 Å². The van der Waals surface area contributed by atoms with Gasteiger partial charge in [-0.2, -0.15) is 0 Å². The van der Waals surface area contributed by atoms with Crippen LogP contribution in [0.2, 0.25) is 0 Å². The lowest BCUT2D eigenvalue weighted by Gasteiger charge is -2.31. The molecule has 1 fully saturated rings. The molecule has 1 N–H and O–H groups in total. The van der Waals surface area contributed by atoms with Gasteiger partial charge in [0.05, 0.1) is 6.61 Å². The minimum atomic E-state index is 0.0939. The zero-order chi connectivity index (χ0) is 16.5. The second kappa shape index (κ2) is 9.68. The fraction of sp³-hybridized carbons (Fsp3) is 0.632. The predicted molar refractivity (Wildman–Crippen MR) is 93.4 cm³/mol. The van der Waals surface area contributed by atoms with Crippen molar-refractivity contribution in [3.8, 4) is 0 Å². The number of nitrogens with one attached hydrogen (secondary N) is 1. The summed E-state index contributed by atoms with van der Waals surface area (Å²) < 4.78 is 5.07. The second-order valence-electron chi connectivity index (χ2n) is 6.57. The Morgan fingerprint density at radius 1 is 1.30 bits per heavy atom. The molecule has 1 heterocycles. The maximum atomic E-state index is 12.2. The number of rotatable bonds is 8. The predicted octanol–water partition coefficient (Wildman–Crippen LogP) is 2.48. The van der Waals surface area contributed by atoms with Crippen molar-refractivity contribution in [1.29, 1.82) is 0 Å². The molecule has 1 aromatic rings. The highest BCUT2D eigenvalue weighted by Gasteiger charge is 2.25. The Bertz CT molecular complexity index is 456. The molecular formula is C19H30N2O2. The molecule has 0 bridgehead atoms. The van der Waals surface area contributed by atoms with E-state index in [1.807, 2.05) is 6.92 Å². The molecule has 0 aromatic heterocycles. The van der Waals surface area contributed by atoms with E-state index in [2.05, 4.69) is 40.5 Å². The number of carbonyl (C=O) groups excluding carboxylic acids is 1. The first-order valence-corrected chi connectivity index (χ1v) is 8.74. The van der Waals surface area contributed by atoms with Gasteiger partial charge >= 0.3 is 0 Å². The van der Waals surface area contributed by atoms with Gasteiger partial charge < -0.3 is 15.0 Å². The van der Waals surface area contributed by atoms with Gasteiger partial charge in [-0.1, -0.05) is 30.3 Å². The molecule has 1 amide bonds. The number of hydrogen-bond donors (Lipinski definition) is 1. The molecule has 4 nitrogen and oxygen atoms in total. The second-order valence-corrected chi connectivity index (χ2v) is 6.57. The topological polar surface area (TPSA) is 41.6 Å². The van der Waals surface area contributed by atoms with Crippen LogP contribution in [0.1, 0.15) is 31.7 Å². The highest BCUT2D eigenvalue weighted by atomic mass is 16.5. The Labute approximate surface area is 140 Å². The van der Waals surface area contributed by atoms with Gasteiger partial charge in [-0.15, -0.1) is 0 Å². The summed E-state index contributed by atoms with van der Waals surface area (Å²) in [6.07, 6.45) is 4.26. The van der Waals surface area contributed by atoms with E-state index in [9.17, 15) is 4.79 Å². The van der Waals surface area contributed by atoms with Crippen molar-refractivity contribution >= 4 is 5.91 Å². The molecule has 1 unspecified atom stereocenters. The fourth-order valence-corrected chi connectivity index (χ4v) is 3.22.